The van der Waals surface area contributed by atoms with Crippen molar-refractivity contribution in [3.63, 3.8) is 0 Å². The lowest BCUT2D eigenvalue weighted by Gasteiger charge is -2.36. The Morgan fingerprint density at radius 2 is 1.69 bits per heavy atom. The fourth-order valence-electron chi connectivity index (χ4n) is 4.45. The van der Waals surface area contributed by atoms with Crippen LogP contribution < -0.4 is 0 Å². The van der Waals surface area contributed by atoms with Crippen molar-refractivity contribution in [1.29, 1.82) is 0 Å². The van der Waals surface area contributed by atoms with Crippen LogP contribution in [0.15, 0.2) is 48.5 Å². The number of hydrogen-bond acceptors (Lipinski definition) is 2. The Labute approximate surface area is 184 Å². The van der Waals surface area contributed by atoms with Gasteiger partial charge in [-0.25, -0.2) is 9.78 Å². The molecule has 0 saturated carbocycles. The quantitative estimate of drug-likeness (QED) is 0.463. The first kappa shape index (κ1) is 22.1. The second-order valence-corrected chi connectivity index (χ2v) is 9.36. The van der Waals surface area contributed by atoms with Crippen molar-refractivity contribution in [2.45, 2.75) is 39.8 Å². The normalized spacial score (nSPS) is 18.1. The summed E-state index contributed by atoms with van der Waals surface area (Å²) in [4.78, 5) is 17.0. The van der Waals surface area contributed by atoms with E-state index in [9.17, 15) is 23.1 Å². The zero-order chi connectivity index (χ0) is 23.3. The van der Waals surface area contributed by atoms with Gasteiger partial charge in [0.25, 0.3) is 0 Å². The number of aromatic carboxylic acids is 1. The molecule has 1 aliphatic carbocycles. The Bertz CT molecular complexity index is 1240. The molecule has 1 aromatic heterocycles. The number of allylic oxidation sites excluding steroid dienone is 1. The van der Waals surface area contributed by atoms with E-state index in [1.165, 1.54) is 18.2 Å². The molecule has 0 aliphatic heterocycles. The molecule has 0 radical (unpaired) electrons. The zero-order valence-corrected chi connectivity index (χ0v) is 18.1. The van der Waals surface area contributed by atoms with Crippen LogP contribution in [0.4, 0.5) is 13.2 Å². The summed E-state index contributed by atoms with van der Waals surface area (Å²) in [5, 5.41) is 10.6. The monoisotopic (exact) mass is 439 g/mol. The van der Waals surface area contributed by atoms with Crippen LogP contribution in [-0.2, 0) is 12.6 Å². The summed E-state index contributed by atoms with van der Waals surface area (Å²) in [5.74, 6) is -0.996. The van der Waals surface area contributed by atoms with E-state index in [0.29, 0.717) is 40.6 Å². The Kier molecular flexibility index (Phi) is 5.35. The third-order valence-electron chi connectivity index (χ3n) is 6.25. The molecule has 166 valence electrons. The van der Waals surface area contributed by atoms with Crippen LogP contribution in [0.3, 0.4) is 0 Å². The SMILES string of the molecule is CC(C)(C)C1C/C(=C\c2ccccc2C(F)(F)F)c2nc3ccccc3c(C(=O)O)c2C1. The minimum Gasteiger partial charge on any atom is -0.478 e. The van der Waals surface area contributed by atoms with Gasteiger partial charge in [-0.05, 0) is 59.1 Å². The Hall–Kier alpha value is -3.15. The van der Waals surface area contributed by atoms with Gasteiger partial charge in [0.1, 0.15) is 0 Å². The van der Waals surface area contributed by atoms with Gasteiger partial charge in [-0.2, -0.15) is 13.2 Å². The summed E-state index contributed by atoms with van der Waals surface area (Å²) < 4.78 is 40.9. The van der Waals surface area contributed by atoms with E-state index in [1.807, 2.05) is 0 Å². The number of alkyl halides is 3. The van der Waals surface area contributed by atoms with Gasteiger partial charge in [-0.15, -0.1) is 0 Å². The molecule has 6 heteroatoms. The minimum atomic E-state index is -4.49. The summed E-state index contributed by atoms with van der Waals surface area (Å²) in [6.07, 6.45) is -1.92. The average Bonchev–Trinajstić information content (AvgIpc) is 2.70. The highest BCUT2D eigenvalue weighted by Crippen LogP contribution is 2.45. The van der Waals surface area contributed by atoms with Crippen molar-refractivity contribution < 1.29 is 23.1 Å². The molecule has 4 rings (SSSR count). The lowest BCUT2D eigenvalue weighted by atomic mass is 9.69. The van der Waals surface area contributed by atoms with E-state index in [4.69, 9.17) is 4.98 Å². The third kappa shape index (κ3) is 4.01. The van der Waals surface area contributed by atoms with E-state index >= 15 is 0 Å². The second kappa shape index (κ2) is 7.76. The fourth-order valence-corrected chi connectivity index (χ4v) is 4.45. The number of carboxylic acid groups (broad SMARTS) is 1. The average molecular weight is 439 g/mol. The molecule has 0 spiro atoms. The van der Waals surface area contributed by atoms with Crippen LogP contribution >= 0.6 is 0 Å². The molecule has 1 aliphatic rings. The zero-order valence-electron chi connectivity index (χ0n) is 18.1. The first-order valence-electron chi connectivity index (χ1n) is 10.5. The molecule has 1 N–H and O–H groups in total. The van der Waals surface area contributed by atoms with Gasteiger partial charge >= 0.3 is 12.1 Å². The smallest absolute Gasteiger partial charge is 0.416 e. The molecule has 0 saturated heterocycles. The fraction of sp³-hybridized carbons (Fsp3) is 0.308. The lowest BCUT2D eigenvalue weighted by Crippen LogP contribution is -2.28. The number of benzene rings is 2. The van der Waals surface area contributed by atoms with E-state index in [0.717, 1.165) is 6.07 Å². The number of para-hydroxylation sites is 1. The lowest BCUT2D eigenvalue weighted by molar-refractivity contribution is -0.137. The van der Waals surface area contributed by atoms with Crippen molar-refractivity contribution >= 4 is 28.5 Å². The predicted octanol–water partition coefficient (Wildman–Crippen LogP) is 7.10. The van der Waals surface area contributed by atoms with Gasteiger partial charge in [-0.1, -0.05) is 57.2 Å². The number of carbonyl (C=O) groups is 1. The molecule has 32 heavy (non-hydrogen) atoms. The highest BCUT2D eigenvalue weighted by Gasteiger charge is 2.36. The van der Waals surface area contributed by atoms with Gasteiger partial charge in [0, 0.05) is 5.39 Å². The summed E-state index contributed by atoms with van der Waals surface area (Å²) in [5.41, 5.74) is 1.60. The molecule has 1 unspecified atom stereocenters. The maximum atomic E-state index is 13.6. The van der Waals surface area contributed by atoms with Gasteiger partial charge < -0.3 is 5.11 Å². The molecular weight excluding hydrogens is 415 g/mol. The van der Waals surface area contributed by atoms with Gasteiger partial charge in [-0.3, -0.25) is 0 Å². The van der Waals surface area contributed by atoms with Gasteiger partial charge in [0.2, 0.25) is 0 Å². The van der Waals surface area contributed by atoms with Gasteiger partial charge in [0.05, 0.1) is 22.3 Å². The van der Waals surface area contributed by atoms with Crippen LogP contribution in [0.25, 0.3) is 22.6 Å². The maximum Gasteiger partial charge on any atom is 0.416 e. The van der Waals surface area contributed by atoms with Crippen LogP contribution in [0.5, 0.6) is 0 Å². The topological polar surface area (TPSA) is 50.2 Å². The van der Waals surface area contributed by atoms with Crippen molar-refractivity contribution in [3.05, 3.63) is 76.5 Å². The van der Waals surface area contributed by atoms with E-state index in [-0.39, 0.29) is 22.5 Å². The van der Waals surface area contributed by atoms with Crippen molar-refractivity contribution in [2.24, 2.45) is 11.3 Å². The number of aromatic nitrogens is 1. The summed E-state index contributed by atoms with van der Waals surface area (Å²) in [6.45, 7) is 6.20. The highest BCUT2D eigenvalue weighted by atomic mass is 19.4. The van der Waals surface area contributed by atoms with Crippen molar-refractivity contribution in [1.82, 2.24) is 4.98 Å². The number of halogens is 3. The molecule has 0 bridgehead atoms. The van der Waals surface area contributed by atoms with Gasteiger partial charge in [0.15, 0.2) is 0 Å². The van der Waals surface area contributed by atoms with Crippen molar-refractivity contribution in [3.8, 4) is 0 Å². The van der Waals surface area contributed by atoms with E-state index < -0.39 is 17.7 Å². The molecule has 2 aromatic carbocycles. The minimum absolute atomic E-state index is 0.0559. The highest BCUT2D eigenvalue weighted by molar-refractivity contribution is 6.06. The Morgan fingerprint density at radius 3 is 2.34 bits per heavy atom. The number of fused-ring (bicyclic) bond motifs is 2. The van der Waals surface area contributed by atoms with E-state index in [2.05, 4.69) is 20.8 Å². The molecule has 1 heterocycles. The number of carboxylic acids is 1. The first-order valence-corrected chi connectivity index (χ1v) is 10.5. The molecular formula is C26H24F3NO2. The first-order chi connectivity index (χ1) is 15.0. The van der Waals surface area contributed by atoms with Crippen molar-refractivity contribution in [2.75, 3.05) is 0 Å². The third-order valence-corrected chi connectivity index (χ3v) is 6.25. The number of hydrogen-bond donors (Lipinski definition) is 1. The Morgan fingerprint density at radius 1 is 1.03 bits per heavy atom. The second-order valence-electron chi connectivity index (χ2n) is 9.36. The number of rotatable bonds is 2. The molecule has 3 nitrogen and oxygen atoms in total. The molecule has 0 fully saturated rings. The van der Waals surface area contributed by atoms with Crippen LogP contribution in [0, 0.1) is 11.3 Å². The predicted molar refractivity (Wildman–Crippen MR) is 119 cm³/mol. The van der Waals surface area contributed by atoms with Crippen LogP contribution in [0.2, 0.25) is 0 Å². The maximum absolute atomic E-state index is 13.6. The van der Waals surface area contributed by atoms with Crippen LogP contribution in [-0.4, -0.2) is 16.1 Å². The number of pyridine rings is 1. The van der Waals surface area contributed by atoms with E-state index in [1.54, 1.807) is 30.3 Å². The molecule has 1 atom stereocenters. The summed E-state index contributed by atoms with van der Waals surface area (Å²) >= 11 is 0. The Balaban J connectivity index is 2.02. The molecule has 0 amide bonds. The summed E-state index contributed by atoms with van der Waals surface area (Å²) in [6, 6.07) is 12.5. The standard InChI is InChI=1S/C26H24F3NO2/c1-25(2,3)17-13-16(12-15-8-4-6-10-20(15)26(27,28)29)23-19(14-17)22(24(31)32)18-9-5-7-11-21(18)30-23/h4-12,17H,13-14H2,1-3H3,(H,31,32)/b16-12+. The number of nitrogens with zero attached hydrogens (tertiary/aromatic N) is 1. The summed E-state index contributed by atoms with van der Waals surface area (Å²) in [7, 11) is 0. The molecule has 3 aromatic rings. The largest absolute Gasteiger partial charge is 0.478 e. The van der Waals surface area contributed by atoms with Crippen LogP contribution in [0.1, 0.15) is 59.9 Å².